The Morgan fingerprint density at radius 2 is 0.914 bits per heavy atom. The van der Waals surface area contributed by atoms with Crippen molar-refractivity contribution in [2.75, 3.05) is 0 Å². The third-order valence-corrected chi connectivity index (χ3v) is 5.02. The van der Waals surface area contributed by atoms with E-state index < -0.39 is 7.82 Å². The molecule has 0 fully saturated rings. The first-order valence-electron chi connectivity index (χ1n) is 10.2. The summed E-state index contributed by atoms with van der Waals surface area (Å²) in [5.41, 5.74) is 3.34. The maximum absolute atomic E-state index is 10.6. The summed E-state index contributed by atoms with van der Waals surface area (Å²) in [5.74, 6) is -0.428. The van der Waals surface area contributed by atoms with E-state index in [-0.39, 0.29) is 34.1 Å². The molecule has 4 rings (SSSR count). The first-order chi connectivity index (χ1) is 16.3. The van der Waals surface area contributed by atoms with Gasteiger partial charge in [-0.3, -0.25) is 0 Å². The van der Waals surface area contributed by atoms with Gasteiger partial charge in [0.15, 0.2) is 36.3 Å². The molecule has 5 N–H and O–H groups in total. The van der Waals surface area contributed by atoms with E-state index in [9.17, 15) is 20.4 Å². The van der Waals surface area contributed by atoms with E-state index in [2.05, 4.69) is 0 Å². The molecular weight excluding hydrogens is 475 g/mol. The van der Waals surface area contributed by atoms with Gasteiger partial charge < -0.3 is 39.7 Å². The molecule has 0 aliphatic heterocycles. The summed E-state index contributed by atoms with van der Waals surface area (Å²) in [6.07, 6.45) is 7.11. The van der Waals surface area contributed by atoms with Crippen LogP contribution in [0.5, 0.6) is 23.0 Å². The highest BCUT2D eigenvalue weighted by atomic mass is 31.2. The van der Waals surface area contributed by atoms with Gasteiger partial charge in [-0.15, -0.1) is 0 Å². The number of aromatic hydroxyl groups is 4. The summed E-state index contributed by atoms with van der Waals surface area (Å²) in [6.45, 7) is 3.91. The van der Waals surface area contributed by atoms with Crippen molar-refractivity contribution < 1.29 is 48.8 Å². The molecule has 11 heteroatoms. The molecule has 0 bridgehead atoms. The SMILES string of the molecule is Cc1cc[n+](-c2cc(O)c(-c3cc(O)c(-[n+]4ccc(C)cc4)cc3O)cc2O)cc1.O=P([O-])([O-])O. The Morgan fingerprint density at radius 3 is 1.20 bits per heavy atom. The Balaban J connectivity index is 0.000000623. The molecule has 0 saturated heterocycles. The third-order valence-electron chi connectivity index (χ3n) is 5.02. The Bertz CT molecular complexity index is 1290. The van der Waals surface area contributed by atoms with Crippen molar-refractivity contribution in [2.45, 2.75) is 13.8 Å². The summed E-state index contributed by atoms with van der Waals surface area (Å²) in [4.78, 5) is 24.3. The van der Waals surface area contributed by atoms with Crippen molar-refractivity contribution in [3.8, 4) is 45.5 Å². The molecule has 0 saturated carbocycles. The number of benzene rings is 2. The van der Waals surface area contributed by atoms with Gasteiger partial charge in [-0.2, -0.15) is 9.13 Å². The van der Waals surface area contributed by atoms with E-state index in [1.54, 1.807) is 33.9 Å². The molecule has 4 aromatic rings. The first kappa shape index (κ1) is 25.7. The lowest BCUT2D eigenvalue weighted by molar-refractivity contribution is -0.596. The van der Waals surface area contributed by atoms with Crippen LogP contribution in [0.25, 0.3) is 22.5 Å². The highest BCUT2D eigenvalue weighted by Gasteiger charge is 2.22. The second-order valence-corrected chi connectivity index (χ2v) is 8.69. The molecule has 182 valence electrons. The number of hydrogen-bond acceptors (Lipinski definition) is 7. The van der Waals surface area contributed by atoms with Crippen LogP contribution < -0.4 is 18.9 Å². The van der Waals surface area contributed by atoms with Gasteiger partial charge in [0.1, 0.15) is 11.5 Å². The summed E-state index contributed by atoms with van der Waals surface area (Å²) in [5, 5.41) is 42.3. The zero-order valence-corrected chi connectivity index (χ0v) is 19.6. The maximum atomic E-state index is 10.6. The molecule has 2 heterocycles. The van der Waals surface area contributed by atoms with E-state index in [0.717, 1.165) is 11.1 Å². The van der Waals surface area contributed by atoms with Crippen LogP contribution >= 0.6 is 7.82 Å². The molecule has 0 spiro atoms. The molecule has 10 nitrogen and oxygen atoms in total. The molecular formula is C24H23N2O8P. The lowest BCUT2D eigenvalue weighted by Crippen LogP contribution is -2.29. The fourth-order valence-corrected chi connectivity index (χ4v) is 3.30. The van der Waals surface area contributed by atoms with Crippen molar-refractivity contribution >= 4 is 7.82 Å². The highest BCUT2D eigenvalue weighted by molar-refractivity contribution is 7.42. The molecule has 0 unspecified atom stereocenters. The van der Waals surface area contributed by atoms with Gasteiger partial charge in [0, 0.05) is 35.4 Å². The number of aromatic nitrogens is 2. The quantitative estimate of drug-likeness (QED) is 0.159. The van der Waals surface area contributed by atoms with Crippen LogP contribution in [0.4, 0.5) is 0 Å². The van der Waals surface area contributed by atoms with E-state index in [1.165, 1.54) is 24.3 Å². The Kier molecular flexibility index (Phi) is 7.42. The van der Waals surface area contributed by atoms with Gasteiger partial charge in [-0.1, -0.05) is 0 Å². The van der Waals surface area contributed by atoms with Gasteiger partial charge in [-0.05, 0) is 37.1 Å². The number of phosphoric acid groups is 1. The maximum Gasteiger partial charge on any atom is 0.256 e. The summed E-state index contributed by atoms with van der Waals surface area (Å²) in [7, 11) is -5.14. The monoisotopic (exact) mass is 498 g/mol. The molecule has 2 aromatic heterocycles. The van der Waals surface area contributed by atoms with Crippen LogP contribution in [-0.4, -0.2) is 25.3 Å². The molecule has 0 atom stereocenters. The lowest BCUT2D eigenvalue weighted by atomic mass is 10.0. The average molecular weight is 498 g/mol. The number of hydrogen-bond donors (Lipinski definition) is 5. The minimum atomic E-state index is -5.14. The number of phenolic OH excluding ortho intramolecular Hbond substituents is 4. The number of phenols is 4. The van der Waals surface area contributed by atoms with E-state index in [4.69, 9.17) is 19.2 Å². The van der Waals surface area contributed by atoms with Gasteiger partial charge in [0.25, 0.3) is 11.4 Å². The second kappa shape index (κ2) is 10.1. The highest BCUT2D eigenvalue weighted by Crippen LogP contribution is 2.42. The average Bonchev–Trinajstić information content (AvgIpc) is 2.77. The van der Waals surface area contributed by atoms with Crippen LogP contribution in [0, 0.1) is 13.8 Å². The molecule has 0 aliphatic rings. The van der Waals surface area contributed by atoms with Gasteiger partial charge in [0.2, 0.25) is 0 Å². The van der Waals surface area contributed by atoms with Crippen LogP contribution in [-0.2, 0) is 4.57 Å². The number of rotatable bonds is 3. The van der Waals surface area contributed by atoms with Crippen molar-refractivity contribution in [2.24, 2.45) is 0 Å². The van der Waals surface area contributed by atoms with E-state index in [0.29, 0.717) is 11.4 Å². The third kappa shape index (κ3) is 6.56. The molecule has 2 aromatic carbocycles. The molecule has 0 radical (unpaired) electrons. The molecule has 0 amide bonds. The van der Waals surface area contributed by atoms with E-state index >= 15 is 0 Å². The molecule has 35 heavy (non-hydrogen) atoms. The standard InChI is InChI=1S/C24H20N2O4.H3O4P/c1-15-3-7-25(8-4-15)19-13-21(27)17(11-23(19)29)18-12-24(30)20(14-22(18)28)26-9-5-16(2)6-10-26;1-5(2,3)4/h3-14H,1-2H3,(H2-2,27,28,29,30);(H3,1,2,3,4). The first-order valence-corrected chi connectivity index (χ1v) is 11.7. The number of nitrogens with zero attached hydrogens (tertiary/aromatic N) is 2. The number of pyridine rings is 2. The lowest BCUT2D eigenvalue weighted by Gasteiger charge is -2.19. The van der Waals surface area contributed by atoms with Crippen LogP contribution in [0.3, 0.4) is 0 Å². The number of aryl methyl sites for hydroxylation is 2. The fourth-order valence-electron chi connectivity index (χ4n) is 3.30. The van der Waals surface area contributed by atoms with Gasteiger partial charge in [0.05, 0.1) is 20.0 Å². The Hall–Kier alpha value is -3.95. The van der Waals surface area contributed by atoms with Crippen LogP contribution in [0.1, 0.15) is 11.1 Å². The predicted molar refractivity (Wildman–Crippen MR) is 121 cm³/mol. The zero-order valence-electron chi connectivity index (χ0n) is 18.7. The minimum absolute atomic E-state index is 0.0764. The summed E-state index contributed by atoms with van der Waals surface area (Å²) >= 11 is 0. The topological polar surface area (TPSA) is 172 Å². The fraction of sp³-hybridized carbons (Fsp3) is 0.0833. The minimum Gasteiger partial charge on any atom is -0.790 e. The predicted octanol–water partition coefficient (Wildman–Crippen LogP) is 1.15. The van der Waals surface area contributed by atoms with Crippen LogP contribution in [0.2, 0.25) is 0 Å². The van der Waals surface area contributed by atoms with Gasteiger partial charge in [-0.25, -0.2) is 0 Å². The largest absolute Gasteiger partial charge is 0.790 e. The van der Waals surface area contributed by atoms with Crippen molar-refractivity contribution in [3.05, 3.63) is 84.4 Å². The normalized spacial score (nSPS) is 11.0. The van der Waals surface area contributed by atoms with Crippen molar-refractivity contribution in [1.82, 2.24) is 0 Å². The second-order valence-electron chi connectivity index (χ2n) is 7.75. The van der Waals surface area contributed by atoms with Gasteiger partial charge >= 0.3 is 0 Å². The Morgan fingerprint density at radius 1 is 0.629 bits per heavy atom. The smallest absolute Gasteiger partial charge is 0.256 e. The van der Waals surface area contributed by atoms with Crippen LogP contribution in [0.15, 0.2) is 73.3 Å². The van der Waals surface area contributed by atoms with Crippen molar-refractivity contribution in [3.63, 3.8) is 0 Å². The summed E-state index contributed by atoms with van der Waals surface area (Å²) < 4.78 is 12.0. The zero-order chi connectivity index (χ0) is 25.9. The molecule has 0 aliphatic carbocycles. The summed E-state index contributed by atoms with van der Waals surface area (Å²) in [6, 6.07) is 13.1. The van der Waals surface area contributed by atoms with E-state index in [1.807, 2.05) is 38.1 Å². The van der Waals surface area contributed by atoms with Crippen molar-refractivity contribution in [1.29, 1.82) is 0 Å². The Labute approximate surface area is 200 Å².